The lowest BCUT2D eigenvalue weighted by Crippen LogP contribution is -2.47. The number of halogens is 7. The van der Waals surface area contributed by atoms with Gasteiger partial charge in [0.25, 0.3) is 11.8 Å². The number of amides is 2. The molecule has 1 aromatic heterocycles. The van der Waals surface area contributed by atoms with Gasteiger partial charge in [-0.15, -0.1) is 0 Å². The third kappa shape index (κ3) is 4.88. The van der Waals surface area contributed by atoms with E-state index < -0.39 is 71.1 Å². The molecule has 1 fully saturated rings. The fraction of sp³-hybridized carbons (Fsp3) is 0.381. The zero-order valence-corrected chi connectivity index (χ0v) is 18.0. The minimum Gasteiger partial charge on any atom is -0.431 e. The van der Waals surface area contributed by atoms with Crippen LogP contribution in [0.15, 0.2) is 30.5 Å². The van der Waals surface area contributed by atoms with E-state index in [0.29, 0.717) is 13.0 Å². The van der Waals surface area contributed by atoms with Gasteiger partial charge in [-0.2, -0.15) is 26.3 Å². The zero-order chi connectivity index (χ0) is 26.3. The molecule has 2 heterocycles. The minimum atomic E-state index is -5.04. The van der Waals surface area contributed by atoms with Crippen molar-refractivity contribution in [3.8, 4) is 5.75 Å². The molecule has 3 rings (SSSR count). The van der Waals surface area contributed by atoms with Crippen molar-refractivity contribution in [3.05, 3.63) is 53.4 Å². The average molecular weight is 509 g/mol. The highest BCUT2D eigenvalue weighted by atomic mass is 19.4. The Labute approximate surface area is 193 Å². The van der Waals surface area contributed by atoms with Gasteiger partial charge in [-0.05, 0) is 25.1 Å². The van der Waals surface area contributed by atoms with Crippen LogP contribution in [-0.2, 0) is 9.53 Å². The molecule has 190 valence electrons. The van der Waals surface area contributed by atoms with E-state index in [0.717, 1.165) is 25.3 Å². The quantitative estimate of drug-likeness (QED) is 0.570. The van der Waals surface area contributed by atoms with Gasteiger partial charge in [-0.1, -0.05) is 13.0 Å². The molecule has 0 unspecified atom stereocenters. The highest BCUT2D eigenvalue weighted by molar-refractivity contribution is 5.97. The Morgan fingerprint density at radius 3 is 2.46 bits per heavy atom. The van der Waals surface area contributed by atoms with Gasteiger partial charge in [0.2, 0.25) is 5.82 Å². The van der Waals surface area contributed by atoms with E-state index >= 15 is 0 Å². The summed E-state index contributed by atoms with van der Waals surface area (Å²) < 4.78 is 105. The molecule has 0 aliphatic carbocycles. The predicted octanol–water partition coefficient (Wildman–Crippen LogP) is 4.14. The van der Waals surface area contributed by atoms with Crippen LogP contribution in [0, 0.1) is 17.6 Å². The Balaban J connectivity index is 2.10. The number of aromatic nitrogens is 1. The second-order valence-electron chi connectivity index (χ2n) is 7.90. The van der Waals surface area contributed by atoms with Crippen molar-refractivity contribution in [1.29, 1.82) is 0 Å². The van der Waals surface area contributed by atoms with Gasteiger partial charge >= 0.3 is 12.8 Å². The highest BCUT2D eigenvalue weighted by Crippen LogP contribution is 2.55. The van der Waals surface area contributed by atoms with Crippen LogP contribution in [0.4, 0.5) is 36.4 Å². The molecule has 2 aromatic rings. The largest absolute Gasteiger partial charge is 0.431 e. The van der Waals surface area contributed by atoms with Crippen LogP contribution in [0.3, 0.4) is 0 Å². The van der Waals surface area contributed by atoms with Gasteiger partial charge in [0, 0.05) is 29.3 Å². The molecule has 0 spiro atoms. The molecule has 2 amide bonds. The number of ether oxygens (including phenoxy) is 2. The van der Waals surface area contributed by atoms with Gasteiger partial charge in [0.15, 0.2) is 17.2 Å². The van der Waals surface area contributed by atoms with Crippen LogP contribution in [0.2, 0.25) is 0 Å². The normalized spacial score (nSPS) is 24.5. The van der Waals surface area contributed by atoms with Crippen molar-refractivity contribution in [2.24, 2.45) is 11.7 Å². The number of carbonyl (C=O) groups is 2. The maximum atomic E-state index is 14.4. The van der Waals surface area contributed by atoms with Gasteiger partial charge in [-0.3, -0.25) is 14.6 Å². The lowest BCUT2D eigenvalue weighted by molar-refractivity contribution is -0.272. The van der Waals surface area contributed by atoms with Crippen molar-refractivity contribution in [1.82, 2.24) is 4.98 Å². The first kappa shape index (κ1) is 26.2. The number of nitrogens with one attached hydrogen (secondary N) is 1. The van der Waals surface area contributed by atoms with Gasteiger partial charge in [-0.25, -0.2) is 4.39 Å². The number of nitrogens with zero attached hydrogens (tertiary/aromatic N) is 1. The van der Waals surface area contributed by atoms with E-state index in [1.807, 2.05) is 0 Å². The van der Waals surface area contributed by atoms with Crippen molar-refractivity contribution in [3.63, 3.8) is 0 Å². The van der Waals surface area contributed by atoms with Crippen molar-refractivity contribution < 1.29 is 49.8 Å². The summed E-state index contributed by atoms with van der Waals surface area (Å²) in [5.74, 6) is -10.3. The summed E-state index contributed by atoms with van der Waals surface area (Å²) in [6.07, 6.45) is -5.97. The zero-order valence-electron chi connectivity index (χ0n) is 18.0. The molecule has 7 nitrogen and oxygen atoms in total. The van der Waals surface area contributed by atoms with Crippen LogP contribution in [0.25, 0.3) is 0 Å². The number of nitrogens with two attached hydrogens (primary N) is 1. The maximum Gasteiger partial charge on any atom is 0.417 e. The summed E-state index contributed by atoms with van der Waals surface area (Å²) in [7, 11) is 0. The average Bonchev–Trinajstić information content (AvgIpc) is 3.04. The molecular formula is C21H18F7N3O4. The Morgan fingerprint density at radius 2 is 1.89 bits per heavy atom. The number of benzene rings is 1. The van der Waals surface area contributed by atoms with Crippen LogP contribution in [-0.4, -0.2) is 41.3 Å². The van der Waals surface area contributed by atoms with E-state index in [2.05, 4.69) is 15.0 Å². The number of hydrogen-bond acceptors (Lipinski definition) is 5. The third-order valence-electron chi connectivity index (χ3n) is 5.85. The van der Waals surface area contributed by atoms with Gasteiger partial charge in [0.05, 0.1) is 0 Å². The number of carbonyl (C=O) groups excluding carboxylic acids is 2. The standard InChI is InChI=1S/C21H18F7N3O4/c1-8-13(10-3-4-11(22)14(23)15(10)34-19(24)25)16(35-20(8,2)21(26,27)28)18(33)31-9-5-6-30-12(7-9)17(29)32/h3-8,13,16,19H,1-2H3,(H2,29,32)(H,30,31,33)/t8-,13-,16+,20+/m0/s1. The second-order valence-corrected chi connectivity index (χ2v) is 7.90. The molecule has 0 saturated carbocycles. The number of anilines is 1. The molecule has 0 radical (unpaired) electrons. The summed E-state index contributed by atoms with van der Waals surface area (Å²) >= 11 is 0. The Kier molecular flexibility index (Phi) is 6.97. The lowest BCUT2D eigenvalue weighted by atomic mass is 9.77. The van der Waals surface area contributed by atoms with Crippen molar-refractivity contribution in [2.45, 2.75) is 44.3 Å². The Bertz CT molecular complexity index is 1140. The first-order valence-corrected chi connectivity index (χ1v) is 9.91. The summed E-state index contributed by atoms with van der Waals surface area (Å²) in [6, 6.07) is 3.50. The summed E-state index contributed by atoms with van der Waals surface area (Å²) in [5.41, 5.74) is 1.14. The first-order chi connectivity index (χ1) is 16.2. The Hall–Kier alpha value is -3.42. The van der Waals surface area contributed by atoms with E-state index in [4.69, 9.17) is 10.5 Å². The van der Waals surface area contributed by atoms with Crippen molar-refractivity contribution >= 4 is 17.5 Å². The van der Waals surface area contributed by atoms with Gasteiger partial charge < -0.3 is 20.5 Å². The second kappa shape index (κ2) is 9.32. The first-order valence-electron chi connectivity index (χ1n) is 9.91. The molecule has 0 bridgehead atoms. The molecule has 35 heavy (non-hydrogen) atoms. The number of primary amides is 1. The monoisotopic (exact) mass is 509 g/mol. The molecule has 1 aliphatic heterocycles. The molecule has 4 atom stereocenters. The SMILES string of the molecule is C[C@H]1[C@@H](c2ccc(F)c(F)c2OC(F)F)[C@H](C(=O)Nc2ccnc(C(N)=O)c2)O[C@@]1(C)C(F)(F)F. The van der Waals surface area contributed by atoms with Gasteiger partial charge in [0.1, 0.15) is 11.8 Å². The lowest BCUT2D eigenvalue weighted by Gasteiger charge is -2.32. The van der Waals surface area contributed by atoms with Crippen LogP contribution < -0.4 is 15.8 Å². The molecule has 1 aromatic carbocycles. The highest BCUT2D eigenvalue weighted by Gasteiger charge is 2.66. The van der Waals surface area contributed by atoms with E-state index in [1.165, 1.54) is 6.07 Å². The minimum absolute atomic E-state index is 0.0937. The third-order valence-corrected chi connectivity index (χ3v) is 5.85. The van der Waals surface area contributed by atoms with Crippen LogP contribution in [0.1, 0.15) is 35.8 Å². The maximum absolute atomic E-state index is 14.4. The Morgan fingerprint density at radius 1 is 1.23 bits per heavy atom. The molecular weight excluding hydrogens is 491 g/mol. The molecule has 1 aliphatic rings. The fourth-order valence-electron chi connectivity index (χ4n) is 3.90. The predicted molar refractivity (Wildman–Crippen MR) is 106 cm³/mol. The fourth-order valence-corrected chi connectivity index (χ4v) is 3.90. The molecule has 3 N–H and O–H groups in total. The van der Waals surface area contributed by atoms with E-state index in [-0.39, 0.29) is 11.4 Å². The number of rotatable bonds is 6. The number of alkyl halides is 5. The molecule has 14 heteroatoms. The van der Waals surface area contributed by atoms with E-state index in [9.17, 15) is 40.3 Å². The molecule has 1 saturated heterocycles. The van der Waals surface area contributed by atoms with Crippen LogP contribution in [0.5, 0.6) is 5.75 Å². The van der Waals surface area contributed by atoms with E-state index in [1.54, 1.807) is 0 Å². The smallest absolute Gasteiger partial charge is 0.417 e. The number of pyridine rings is 1. The number of hydrogen-bond donors (Lipinski definition) is 2. The summed E-state index contributed by atoms with van der Waals surface area (Å²) in [5, 5.41) is 2.24. The summed E-state index contributed by atoms with van der Waals surface area (Å²) in [6.45, 7) is -1.98. The summed E-state index contributed by atoms with van der Waals surface area (Å²) in [4.78, 5) is 28.0. The topological polar surface area (TPSA) is 104 Å². The van der Waals surface area contributed by atoms with Crippen LogP contribution >= 0.6 is 0 Å². The van der Waals surface area contributed by atoms with Crippen molar-refractivity contribution in [2.75, 3.05) is 5.32 Å².